The van der Waals surface area contributed by atoms with Gasteiger partial charge in [-0.05, 0) is 36.2 Å². The van der Waals surface area contributed by atoms with Gasteiger partial charge in [0.2, 0.25) is 11.8 Å². The second-order valence-corrected chi connectivity index (χ2v) is 11.8. The predicted molar refractivity (Wildman–Crippen MR) is 147 cm³/mol. The lowest BCUT2D eigenvalue weighted by molar-refractivity contribution is -0.134. The molecule has 3 heterocycles. The monoisotopic (exact) mass is 536 g/mol. The molecule has 200 valence electrons. The number of aryl methyl sites for hydroxylation is 1. The topological polar surface area (TPSA) is 67.7 Å². The van der Waals surface area contributed by atoms with E-state index in [1.54, 1.807) is 15.9 Å². The highest BCUT2D eigenvalue weighted by Gasteiger charge is 2.40. The fraction of sp³-hybridized carbons (Fsp3) is 0.414. The zero-order valence-corrected chi connectivity index (χ0v) is 23.1. The molecular weight excluding hydrogens is 503 g/mol. The first-order chi connectivity index (χ1) is 18.1. The van der Waals surface area contributed by atoms with E-state index in [-0.39, 0.29) is 40.6 Å². The molecule has 0 bridgehead atoms. The van der Waals surface area contributed by atoms with E-state index in [2.05, 4.69) is 20.8 Å². The smallest absolute Gasteiger partial charge is 0.242 e. The van der Waals surface area contributed by atoms with Crippen LogP contribution < -0.4 is 4.90 Å². The van der Waals surface area contributed by atoms with Crippen LogP contribution in [0.15, 0.2) is 48.5 Å². The summed E-state index contributed by atoms with van der Waals surface area (Å²) in [6.07, 6.45) is 0. The van der Waals surface area contributed by atoms with Crippen molar-refractivity contribution in [3.8, 4) is 5.69 Å². The molecule has 1 fully saturated rings. The Balaban J connectivity index is 1.74. The summed E-state index contributed by atoms with van der Waals surface area (Å²) in [7, 11) is 0. The van der Waals surface area contributed by atoms with Crippen LogP contribution in [0, 0.1) is 12.7 Å². The number of amides is 2. The lowest BCUT2D eigenvalue weighted by Crippen LogP contribution is -2.48. The van der Waals surface area contributed by atoms with Crippen LogP contribution in [0.4, 0.5) is 10.2 Å². The van der Waals surface area contributed by atoms with Gasteiger partial charge in [-0.25, -0.2) is 9.07 Å². The molecule has 1 aromatic heterocycles. The Morgan fingerprint density at radius 3 is 2.55 bits per heavy atom. The van der Waals surface area contributed by atoms with E-state index in [9.17, 15) is 14.0 Å². The second-order valence-electron chi connectivity index (χ2n) is 10.8. The number of halogens is 1. The molecule has 0 N–H and O–H groups in total. The molecule has 5 rings (SSSR count). The molecular formula is C29H33FN4O3S. The van der Waals surface area contributed by atoms with Crippen molar-refractivity contribution in [2.45, 2.75) is 38.4 Å². The number of benzene rings is 2. The van der Waals surface area contributed by atoms with Crippen molar-refractivity contribution in [1.29, 1.82) is 0 Å². The summed E-state index contributed by atoms with van der Waals surface area (Å²) in [6, 6.07) is 14.4. The van der Waals surface area contributed by atoms with Crippen molar-refractivity contribution in [3.05, 3.63) is 76.7 Å². The average Bonchev–Trinajstić information content (AvgIpc) is 3.22. The number of para-hydroxylation sites is 1. The van der Waals surface area contributed by atoms with E-state index in [0.717, 1.165) is 28.1 Å². The van der Waals surface area contributed by atoms with E-state index in [4.69, 9.17) is 9.84 Å². The molecule has 0 saturated carbocycles. The number of nitrogens with zero attached hydrogens (tertiary/aromatic N) is 4. The molecule has 1 saturated heterocycles. The maximum atomic E-state index is 14.4. The molecule has 38 heavy (non-hydrogen) atoms. The van der Waals surface area contributed by atoms with Gasteiger partial charge in [0.25, 0.3) is 0 Å². The number of aromatic nitrogens is 2. The van der Waals surface area contributed by atoms with Crippen LogP contribution in [-0.2, 0) is 19.7 Å². The van der Waals surface area contributed by atoms with Gasteiger partial charge in [0.1, 0.15) is 18.2 Å². The quantitative estimate of drug-likeness (QED) is 0.486. The summed E-state index contributed by atoms with van der Waals surface area (Å²) in [5, 5.41) is 4.78. The zero-order chi connectivity index (χ0) is 27.0. The van der Waals surface area contributed by atoms with Crippen molar-refractivity contribution in [1.82, 2.24) is 14.7 Å². The summed E-state index contributed by atoms with van der Waals surface area (Å²) in [6.45, 7) is 10.1. The third-order valence-corrected chi connectivity index (χ3v) is 8.21. The van der Waals surface area contributed by atoms with Gasteiger partial charge in [0, 0.05) is 24.1 Å². The van der Waals surface area contributed by atoms with Gasteiger partial charge in [-0.2, -0.15) is 5.10 Å². The van der Waals surface area contributed by atoms with E-state index in [1.165, 1.54) is 23.9 Å². The highest BCUT2D eigenvalue weighted by molar-refractivity contribution is 8.00. The van der Waals surface area contributed by atoms with Crippen molar-refractivity contribution < 1.29 is 18.7 Å². The highest BCUT2D eigenvalue weighted by atomic mass is 32.2. The minimum absolute atomic E-state index is 0.0938. The fourth-order valence-corrected chi connectivity index (χ4v) is 6.21. The fourth-order valence-electron chi connectivity index (χ4n) is 5.02. The molecule has 2 aliphatic heterocycles. The SMILES string of the molecule is Cc1ccccc1-n1nc(C(C)(C)C)c2c1N(CC(=O)N1CCOCC1)C(=O)CSC2c1cccc(F)c1. The number of rotatable bonds is 4. The van der Waals surface area contributed by atoms with E-state index in [0.29, 0.717) is 32.1 Å². The van der Waals surface area contributed by atoms with Gasteiger partial charge in [0.15, 0.2) is 0 Å². The Kier molecular flexibility index (Phi) is 7.33. The largest absolute Gasteiger partial charge is 0.378 e. The number of carbonyl (C=O) groups excluding carboxylic acids is 2. The molecule has 3 aromatic rings. The molecule has 7 nitrogen and oxygen atoms in total. The standard InChI is InChI=1S/C29H33FN4O3S/c1-19-8-5-6-11-22(19)34-28-25(27(31-34)29(2,3)4)26(20-9-7-10-21(30)16-20)38-18-24(36)33(28)17-23(35)32-12-14-37-15-13-32/h5-11,16,26H,12-15,17-18H2,1-4H3. The number of anilines is 1. The van der Waals surface area contributed by atoms with Crippen molar-refractivity contribution in [2.75, 3.05) is 43.5 Å². The molecule has 1 unspecified atom stereocenters. The van der Waals surface area contributed by atoms with Gasteiger partial charge in [-0.3, -0.25) is 14.5 Å². The Morgan fingerprint density at radius 2 is 1.87 bits per heavy atom. The van der Waals surface area contributed by atoms with Crippen molar-refractivity contribution in [3.63, 3.8) is 0 Å². The average molecular weight is 537 g/mol. The molecule has 2 aliphatic rings. The molecule has 2 amide bonds. The number of morpholine rings is 1. The summed E-state index contributed by atoms with van der Waals surface area (Å²) in [4.78, 5) is 30.5. The van der Waals surface area contributed by atoms with Gasteiger partial charge in [0.05, 0.1) is 35.6 Å². The lowest BCUT2D eigenvalue weighted by Gasteiger charge is -2.30. The van der Waals surface area contributed by atoms with Crippen LogP contribution in [-0.4, -0.2) is 65.1 Å². The van der Waals surface area contributed by atoms with Crippen LogP contribution in [0.1, 0.15) is 48.4 Å². The first-order valence-corrected chi connectivity index (χ1v) is 13.9. The van der Waals surface area contributed by atoms with E-state index < -0.39 is 0 Å². The second kappa shape index (κ2) is 10.5. The van der Waals surface area contributed by atoms with Gasteiger partial charge in [-0.1, -0.05) is 51.1 Å². The Bertz CT molecular complexity index is 1360. The zero-order valence-electron chi connectivity index (χ0n) is 22.2. The Labute approximate surface area is 226 Å². The molecule has 2 aromatic carbocycles. The van der Waals surface area contributed by atoms with Crippen LogP contribution in [0.2, 0.25) is 0 Å². The van der Waals surface area contributed by atoms with E-state index >= 15 is 0 Å². The first kappa shape index (κ1) is 26.4. The number of hydrogen-bond donors (Lipinski definition) is 0. The summed E-state index contributed by atoms with van der Waals surface area (Å²) < 4.78 is 21.7. The number of ether oxygens (including phenoxy) is 1. The van der Waals surface area contributed by atoms with Crippen LogP contribution in [0.5, 0.6) is 0 Å². The minimum atomic E-state index is -0.378. The maximum Gasteiger partial charge on any atom is 0.242 e. The summed E-state index contributed by atoms with van der Waals surface area (Å²) >= 11 is 1.45. The normalized spacial score (nSPS) is 18.3. The minimum Gasteiger partial charge on any atom is -0.378 e. The third-order valence-electron chi connectivity index (χ3n) is 6.95. The van der Waals surface area contributed by atoms with Gasteiger partial charge in [-0.15, -0.1) is 11.8 Å². The predicted octanol–water partition coefficient (Wildman–Crippen LogP) is 4.65. The van der Waals surface area contributed by atoms with Gasteiger partial charge >= 0.3 is 0 Å². The number of thioether (sulfide) groups is 1. The number of hydrogen-bond acceptors (Lipinski definition) is 5. The maximum absolute atomic E-state index is 14.4. The molecule has 9 heteroatoms. The van der Waals surface area contributed by atoms with Crippen LogP contribution in [0.25, 0.3) is 5.69 Å². The Morgan fingerprint density at radius 1 is 1.13 bits per heavy atom. The summed E-state index contributed by atoms with van der Waals surface area (Å²) in [5.41, 5.74) is 3.87. The third kappa shape index (κ3) is 5.09. The molecule has 0 radical (unpaired) electrons. The van der Waals surface area contributed by atoms with Crippen molar-refractivity contribution >= 4 is 29.4 Å². The number of fused-ring (bicyclic) bond motifs is 1. The van der Waals surface area contributed by atoms with Crippen LogP contribution >= 0.6 is 11.8 Å². The van der Waals surface area contributed by atoms with Crippen LogP contribution in [0.3, 0.4) is 0 Å². The molecule has 0 spiro atoms. The van der Waals surface area contributed by atoms with Gasteiger partial charge < -0.3 is 9.64 Å². The molecule has 1 atom stereocenters. The first-order valence-electron chi connectivity index (χ1n) is 12.9. The summed E-state index contributed by atoms with van der Waals surface area (Å²) in [5.74, 6) is 0.103. The van der Waals surface area contributed by atoms with E-state index in [1.807, 2.05) is 41.9 Å². The molecule has 0 aliphatic carbocycles. The highest BCUT2D eigenvalue weighted by Crippen LogP contribution is 2.48. The number of carbonyl (C=O) groups is 2. The lowest BCUT2D eigenvalue weighted by atomic mass is 9.87. The Hall–Kier alpha value is -3.17. The van der Waals surface area contributed by atoms with Crippen molar-refractivity contribution in [2.24, 2.45) is 0 Å².